The molecule has 0 aliphatic heterocycles. The fourth-order valence-corrected chi connectivity index (χ4v) is 0. The number of hydrogen-bond acceptors (Lipinski definition) is 2. The van der Waals surface area contributed by atoms with Gasteiger partial charge in [-0.15, -0.1) is 0 Å². The predicted molar refractivity (Wildman–Crippen MR) is 14.7 cm³/mol. The Kier molecular flexibility index (Phi) is 1.88. The number of nitriles is 1. The lowest BCUT2D eigenvalue weighted by Gasteiger charge is -1.60. The van der Waals surface area contributed by atoms with Crippen LogP contribution in [0.5, 0.6) is 0 Å². The maximum atomic E-state index is 7.51. The van der Waals surface area contributed by atoms with Gasteiger partial charge in [0, 0.05) is 7.05 Å². The molecule has 0 aliphatic carbocycles. The molecule has 22 valence electrons. The van der Waals surface area contributed by atoms with Crippen molar-refractivity contribution in [2.24, 2.45) is 0 Å². The summed E-state index contributed by atoms with van der Waals surface area (Å²) in [6, 6.07) is 0. The molecule has 0 aliphatic rings. The van der Waals surface area contributed by atoms with Crippen LogP contribution in [0.1, 0.15) is 0 Å². The lowest BCUT2D eigenvalue weighted by atomic mass is 11.2. The van der Waals surface area contributed by atoms with Crippen LogP contribution in [0.4, 0.5) is 0 Å². The molecule has 0 aromatic rings. The van der Waals surface area contributed by atoms with Gasteiger partial charge in [-0.2, -0.15) is 5.26 Å². The van der Waals surface area contributed by atoms with Gasteiger partial charge < -0.3 is 5.32 Å². The number of hydrogen-bond donors (Lipinski definition) is 1. The van der Waals surface area contributed by atoms with Gasteiger partial charge in [0.15, 0.2) is 6.19 Å². The number of rotatable bonds is 0. The van der Waals surface area contributed by atoms with Crippen LogP contribution in [-0.2, 0) is 0 Å². The largest absolute Gasteiger partial charge is 0.327 e. The molecule has 0 saturated heterocycles. The summed E-state index contributed by atoms with van der Waals surface area (Å²) < 4.78 is 0. The molecule has 0 atom stereocenters. The highest BCUT2D eigenvalue weighted by Crippen LogP contribution is 1.17. The van der Waals surface area contributed by atoms with E-state index < -0.39 is 0 Å². The van der Waals surface area contributed by atoms with Gasteiger partial charge >= 0.3 is 0 Å². The second kappa shape index (κ2) is 2.29. The molecular formula is C2H4N2. The molecule has 4 heavy (non-hydrogen) atoms. The van der Waals surface area contributed by atoms with E-state index in [0.29, 0.717) is 0 Å². The zero-order valence-electron chi connectivity index (χ0n) is 2.45. The van der Waals surface area contributed by atoms with Crippen molar-refractivity contribution in [2.75, 3.05) is 7.05 Å². The van der Waals surface area contributed by atoms with E-state index in [1.165, 1.54) is 0 Å². The summed E-state index contributed by atoms with van der Waals surface area (Å²) in [5.41, 5.74) is 0. The van der Waals surface area contributed by atoms with Crippen molar-refractivity contribution in [1.29, 1.82) is 5.26 Å². The zero-order chi connectivity index (χ0) is 3.41. The molecule has 0 fully saturated rings. The van der Waals surface area contributed by atoms with Crippen molar-refractivity contribution in [1.82, 2.24) is 5.32 Å². The first kappa shape index (κ1) is 3.29. The Morgan fingerprint density at radius 3 is 2.25 bits per heavy atom. The highest BCUT2D eigenvalue weighted by molar-refractivity contribution is 4.55. The Balaban J connectivity index is 2.43. The van der Waals surface area contributed by atoms with Gasteiger partial charge in [0.1, 0.15) is 0 Å². The van der Waals surface area contributed by atoms with Gasteiger partial charge in [0.05, 0.1) is 0 Å². The third kappa shape index (κ3) is 1.29. The van der Waals surface area contributed by atoms with Gasteiger partial charge in [-0.1, -0.05) is 0 Å². The van der Waals surface area contributed by atoms with E-state index in [4.69, 9.17) is 5.26 Å². The first-order chi connectivity index (χ1) is 1.91. The quantitative estimate of drug-likeness (QED) is 0.305. The summed E-state index contributed by atoms with van der Waals surface area (Å²) in [6.45, 7) is 0. The SMILES string of the molecule is CNC#N. The topological polar surface area (TPSA) is 35.8 Å². The highest BCUT2D eigenvalue weighted by Gasteiger charge is 1.39. The Hall–Kier alpha value is -0.710. The Morgan fingerprint density at radius 1 is 2.00 bits per heavy atom. The minimum atomic E-state index is 1.57. The Morgan fingerprint density at radius 2 is 2.25 bits per heavy atom. The lowest BCUT2D eigenvalue weighted by molar-refractivity contribution is 1.11. The van der Waals surface area contributed by atoms with Crippen LogP contribution in [0.2, 0.25) is 0 Å². The molecule has 0 aromatic heterocycles. The van der Waals surface area contributed by atoms with E-state index in [1.807, 2.05) is 0 Å². The summed E-state index contributed by atoms with van der Waals surface area (Å²) in [5, 5.41) is 9.75. The average molecular weight is 56.1 g/mol. The summed E-state index contributed by atoms with van der Waals surface area (Å²) >= 11 is 0. The smallest absolute Gasteiger partial charge is 0.176 e. The molecule has 0 amide bonds. The first-order valence-corrected chi connectivity index (χ1v) is 0.974. The third-order valence-corrected chi connectivity index (χ3v) is 0.112. The molecule has 0 radical (unpaired) electrons. The van der Waals surface area contributed by atoms with Crippen LogP contribution in [0, 0.1) is 11.5 Å². The normalized spacial score (nSPS) is 4.00. The molecule has 0 unspecified atom stereocenters. The van der Waals surface area contributed by atoms with Crippen molar-refractivity contribution < 1.29 is 0 Å². The Bertz CT molecular complexity index is 33.8. The van der Waals surface area contributed by atoms with Crippen LogP contribution in [0.15, 0.2) is 0 Å². The predicted octanol–water partition coefficient (Wildman–Crippen LogP) is -0.313. The first-order valence-electron chi connectivity index (χ1n) is 0.974. The molecule has 0 spiro atoms. The van der Waals surface area contributed by atoms with E-state index in [1.54, 1.807) is 13.2 Å². The molecule has 2 nitrogen and oxygen atoms in total. The van der Waals surface area contributed by atoms with Gasteiger partial charge in [0.25, 0.3) is 0 Å². The van der Waals surface area contributed by atoms with Gasteiger partial charge in [-0.3, -0.25) is 0 Å². The molecule has 2 heteroatoms. The maximum Gasteiger partial charge on any atom is 0.176 e. The van der Waals surface area contributed by atoms with E-state index >= 15 is 0 Å². The van der Waals surface area contributed by atoms with E-state index in [-0.39, 0.29) is 0 Å². The molecular weight excluding hydrogens is 52.0 g/mol. The van der Waals surface area contributed by atoms with Gasteiger partial charge in [-0.25, -0.2) is 0 Å². The second-order valence-corrected chi connectivity index (χ2v) is 0.362. The van der Waals surface area contributed by atoms with Crippen molar-refractivity contribution >= 4 is 0 Å². The number of nitrogens with zero attached hydrogens (tertiary/aromatic N) is 1. The van der Waals surface area contributed by atoms with E-state index in [2.05, 4.69) is 5.32 Å². The highest BCUT2D eigenvalue weighted by atomic mass is 14.8. The fraction of sp³-hybridized carbons (Fsp3) is 0.500. The van der Waals surface area contributed by atoms with Crippen molar-refractivity contribution in [3.05, 3.63) is 0 Å². The van der Waals surface area contributed by atoms with Crippen LogP contribution >= 0.6 is 0 Å². The molecule has 0 bridgehead atoms. The van der Waals surface area contributed by atoms with E-state index in [0.717, 1.165) is 0 Å². The Labute approximate surface area is 25.0 Å². The standard InChI is InChI=1S/C2H4N2/c1-4-2-3/h4H,1H3. The van der Waals surface area contributed by atoms with Gasteiger partial charge in [0.2, 0.25) is 0 Å². The van der Waals surface area contributed by atoms with Crippen molar-refractivity contribution in [3.63, 3.8) is 0 Å². The maximum absolute atomic E-state index is 7.51. The van der Waals surface area contributed by atoms with Crippen LogP contribution < -0.4 is 5.32 Å². The lowest BCUT2D eigenvalue weighted by Crippen LogP contribution is -1.89. The van der Waals surface area contributed by atoms with Crippen LogP contribution in [0.25, 0.3) is 0 Å². The summed E-state index contributed by atoms with van der Waals surface area (Å²) in [5.74, 6) is 0. The third-order valence-electron chi connectivity index (χ3n) is 0.112. The average Bonchev–Trinajstić information content (AvgIpc) is 1.37. The van der Waals surface area contributed by atoms with Gasteiger partial charge in [-0.05, 0) is 0 Å². The number of nitrogens with one attached hydrogen (secondary N) is 1. The molecule has 0 heterocycles. The zero-order valence-corrected chi connectivity index (χ0v) is 2.45. The van der Waals surface area contributed by atoms with Crippen LogP contribution in [-0.4, -0.2) is 7.05 Å². The minimum absolute atomic E-state index is 1.57. The molecule has 1 N–H and O–H groups in total. The molecule has 0 rings (SSSR count). The summed E-state index contributed by atoms with van der Waals surface area (Å²) in [6.07, 6.45) is 1.68. The summed E-state index contributed by atoms with van der Waals surface area (Å²) in [4.78, 5) is 0. The second-order valence-electron chi connectivity index (χ2n) is 0.362. The fourth-order valence-electron chi connectivity index (χ4n) is 0. The van der Waals surface area contributed by atoms with E-state index in [9.17, 15) is 0 Å². The van der Waals surface area contributed by atoms with Crippen LogP contribution in [0.3, 0.4) is 0 Å². The monoisotopic (exact) mass is 56.0 g/mol. The van der Waals surface area contributed by atoms with Crippen molar-refractivity contribution in [2.45, 2.75) is 0 Å². The molecule has 0 aromatic carbocycles. The minimum Gasteiger partial charge on any atom is -0.327 e. The summed E-state index contributed by atoms with van der Waals surface area (Å²) in [7, 11) is 1.57. The molecule has 0 saturated carbocycles. The van der Waals surface area contributed by atoms with Crippen molar-refractivity contribution in [3.8, 4) is 6.19 Å².